The fraction of sp³-hybridized carbons (Fsp3) is 0.308. The lowest BCUT2D eigenvalue weighted by molar-refractivity contribution is -0.142. The molecule has 1 unspecified atom stereocenters. The highest BCUT2D eigenvalue weighted by atomic mass is 16.5. The van der Waals surface area contributed by atoms with Gasteiger partial charge in [0.15, 0.2) is 0 Å². The number of carbonyl (C=O) groups excluding carboxylic acids is 3. The summed E-state index contributed by atoms with van der Waals surface area (Å²) in [5.41, 5.74) is 1.55. The molecule has 0 aliphatic carbocycles. The van der Waals surface area contributed by atoms with E-state index in [-0.39, 0.29) is 55.9 Å². The lowest BCUT2D eigenvalue weighted by Gasteiger charge is -2.36. The second-order valence-electron chi connectivity index (χ2n) is 8.13. The number of ether oxygens (including phenoxy) is 1. The summed E-state index contributed by atoms with van der Waals surface area (Å²) >= 11 is 0. The van der Waals surface area contributed by atoms with Gasteiger partial charge in [-0.2, -0.15) is 5.26 Å². The number of nitriles is 1. The molecule has 35 heavy (non-hydrogen) atoms. The third-order valence-electron chi connectivity index (χ3n) is 5.51. The second kappa shape index (κ2) is 12.3. The minimum atomic E-state index is -0.831. The van der Waals surface area contributed by atoms with Gasteiger partial charge in [-0.15, -0.1) is 0 Å². The van der Waals surface area contributed by atoms with E-state index >= 15 is 0 Å². The number of phenols is 1. The summed E-state index contributed by atoms with van der Waals surface area (Å²) in [4.78, 5) is 40.7. The van der Waals surface area contributed by atoms with E-state index in [9.17, 15) is 24.8 Å². The lowest BCUT2D eigenvalue weighted by atomic mass is 10.1. The van der Waals surface area contributed by atoms with Crippen molar-refractivity contribution >= 4 is 23.8 Å². The summed E-state index contributed by atoms with van der Waals surface area (Å²) < 4.78 is 5.68. The lowest BCUT2D eigenvalue weighted by Crippen LogP contribution is -2.56. The van der Waals surface area contributed by atoms with Gasteiger partial charge < -0.3 is 25.0 Å². The number of amides is 3. The first kappa shape index (κ1) is 25.5. The van der Waals surface area contributed by atoms with Gasteiger partial charge in [0.2, 0.25) is 11.8 Å². The summed E-state index contributed by atoms with van der Waals surface area (Å²) in [7, 11) is 0. The Morgan fingerprint density at radius 3 is 2.29 bits per heavy atom. The Hall–Kier alpha value is -4.16. The summed E-state index contributed by atoms with van der Waals surface area (Å²) in [6, 6.07) is 16.8. The molecule has 1 aliphatic rings. The molecule has 0 saturated carbocycles. The van der Waals surface area contributed by atoms with Crippen LogP contribution < -0.4 is 5.32 Å². The normalized spacial score (nSPS) is 14.7. The average molecular weight is 477 g/mol. The third kappa shape index (κ3) is 7.42. The highest BCUT2D eigenvalue weighted by Gasteiger charge is 2.30. The monoisotopic (exact) mass is 476 g/mol. The molecule has 1 fully saturated rings. The number of benzene rings is 2. The van der Waals surface area contributed by atoms with Crippen molar-refractivity contribution in [2.24, 2.45) is 0 Å². The van der Waals surface area contributed by atoms with Gasteiger partial charge in [-0.25, -0.2) is 0 Å². The number of hydrogen-bond donors (Lipinski definition) is 2. The Morgan fingerprint density at radius 1 is 1.06 bits per heavy atom. The molecule has 182 valence electrons. The van der Waals surface area contributed by atoms with Crippen LogP contribution >= 0.6 is 0 Å². The zero-order valence-corrected chi connectivity index (χ0v) is 19.5. The third-order valence-corrected chi connectivity index (χ3v) is 5.51. The number of hydrogen-bond acceptors (Lipinski definition) is 6. The predicted molar refractivity (Wildman–Crippen MR) is 129 cm³/mol. The molecule has 3 rings (SSSR count). The number of carbonyl (C=O) groups is 3. The van der Waals surface area contributed by atoms with Crippen LogP contribution in [0.25, 0.3) is 6.08 Å². The fourth-order valence-corrected chi connectivity index (χ4v) is 3.69. The molecule has 1 aliphatic heterocycles. The molecule has 0 spiro atoms. The molecular formula is C26H28N4O5. The molecule has 1 saturated heterocycles. The quantitative estimate of drug-likeness (QED) is 0.442. The molecule has 9 heteroatoms. The smallest absolute Gasteiger partial charge is 0.264 e. The topological polar surface area (TPSA) is 123 Å². The van der Waals surface area contributed by atoms with Crippen LogP contribution in [-0.4, -0.2) is 71.5 Å². The van der Waals surface area contributed by atoms with Crippen molar-refractivity contribution in [2.45, 2.75) is 19.6 Å². The van der Waals surface area contributed by atoms with Crippen molar-refractivity contribution in [3.05, 3.63) is 71.3 Å². The van der Waals surface area contributed by atoms with E-state index in [4.69, 9.17) is 4.74 Å². The first-order valence-electron chi connectivity index (χ1n) is 11.2. The van der Waals surface area contributed by atoms with Crippen LogP contribution in [0.3, 0.4) is 0 Å². The number of nitrogens with zero attached hydrogens (tertiary/aromatic N) is 3. The van der Waals surface area contributed by atoms with Gasteiger partial charge in [0.1, 0.15) is 23.4 Å². The number of nitrogens with one attached hydrogen (secondary N) is 1. The van der Waals surface area contributed by atoms with E-state index in [2.05, 4.69) is 5.32 Å². The predicted octanol–water partition coefficient (Wildman–Crippen LogP) is 1.69. The zero-order chi connectivity index (χ0) is 25.2. The maximum absolute atomic E-state index is 13.1. The minimum Gasteiger partial charge on any atom is -0.508 e. The molecular weight excluding hydrogens is 448 g/mol. The maximum Gasteiger partial charge on any atom is 0.264 e. The molecule has 0 aromatic heterocycles. The van der Waals surface area contributed by atoms with Crippen LogP contribution in [0.15, 0.2) is 60.2 Å². The van der Waals surface area contributed by atoms with Gasteiger partial charge in [0.05, 0.1) is 13.2 Å². The SMILES string of the molecule is CC(=O)NC(COCc1ccccc1)C(=O)N1CCN(C(=O)C(C#N)=Cc2ccc(O)cc2)CC1. The first-order valence-corrected chi connectivity index (χ1v) is 11.2. The van der Waals surface area contributed by atoms with Gasteiger partial charge >= 0.3 is 0 Å². The Bertz CT molecular complexity index is 1100. The zero-order valence-electron chi connectivity index (χ0n) is 19.5. The molecule has 0 bridgehead atoms. The summed E-state index contributed by atoms with van der Waals surface area (Å²) in [5, 5.41) is 21.5. The van der Waals surface area contributed by atoms with Crippen molar-refractivity contribution in [3.8, 4) is 11.8 Å². The first-order chi connectivity index (χ1) is 16.9. The molecule has 3 amide bonds. The largest absolute Gasteiger partial charge is 0.508 e. The Morgan fingerprint density at radius 2 is 1.69 bits per heavy atom. The summed E-state index contributed by atoms with van der Waals surface area (Å²) in [5.74, 6) is -0.938. The molecule has 2 aromatic carbocycles. The van der Waals surface area contributed by atoms with Crippen LogP contribution in [0.2, 0.25) is 0 Å². The Kier molecular flexibility index (Phi) is 8.98. The maximum atomic E-state index is 13.1. The molecule has 2 N–H and O–H groups in total. The van der Waals surface area contributed by atoms with Crippen LogP contribution in [0.1, 0.15) is 18.1 Å². The number of rotatable bonds is 8. The molecule has 1 heterocycles. The molecule has 2 aromatic rings. The van der Waals surface area contributed by atoms with Crippen LogP contribution in [-0.2, 0) is 25.7 Å². The Balaban J connectivity index is 1.57. The van der Waals surface area contributed by atoms with Crippen LogP contribution in [0.5, 0.6) is 5.75 Å². The van der Waals surface area contributed by atoms with E-state index in [1.54, 1.807) is 17.0 Å². The van der Waals surface area contributed by atoms with E-state index in [1.807, 2.05) is 36.4 Å². The highest BCUT2D eigenvalue weighted by Crippen LogP contribution is 2.15. The molecule has 0 radical (unpaired) electrons. The average Bonchev–Trinajstić information content (AvgIpc) is 2.87. The van der Waals surface area contributed by atoms with Crippen molar-refractivity contribution in [1.82, 2.24) is 15.1 Å². The van der Waals surface area contributed by atoms with Crippen LogP contribution in [0.4, 0.5) is 0 Å². The summed E-state index contributed by atoms with van der Waals surface area (Å²) in [6.07, 6.45) is 1.47. The Labute approximate surface area is 204 Å². The molecule has 1 atom stereocenters. The second-order valence-corrected chi connectivity index (χ2v) is 8.13. The number of piperazine rings is 1. The standard InChI is InChI=1S/C26H28N4O5/c1-19(31)28-24(18-35-17-21-5-3-2-4-6-21)26(34)30-13-11-29(12-14-30)25(33)22(16-27)15-20-7-9-23(32)10-8-20/h2-10,15,24,32H,11-14,17-18H2,1H3,(H,28,31). The number of phenolic OH excluding ortho intramolecular Hbond substituents is 1. The van der Waals surface area contributed by atoms with Crippen molar-refractivity contribution in [3.63, 3.8) is 0 Å². The van der Waals surface area contributed by atoms with Crippen molar-refractivity contribution < 1.29 is 24.2 Å². The highest BCUT2D eigenvalue weighted by molar-refractivity contribution is 6.01. The van der Waals surface area contributed by atoms with E-state index in [0.29, 0.717) is 12.2 Å². The van der Waals surface area contributed by atoms with E-state index in [0.717, 1.165) is 5.56 Å². The van der Waals surface area contributed by atoms with E-state index < -0.39 is 11.9 Å². The number of aromatic hydroxyl groups is 1. The van der Waals surface area contributed by atoms with Crippen LogP contribution in [0, 0.1) is 11.3 Å². The van der Waals surface area contributed by atoms with E-state index in [1.165, 1.54) is 30.0 Å². The fourth-order valence-electron chi connectivity index (χ4n) is 3.69. The van der Waals surface area contributed by atoms with Crippen molar-refractivity contribution in [1.29, 1.82) is 5.26 Å². The van der Waals surface area contributed by atoms with Crippen molar-refractivity contribution in [2.75, 3.05) is 32.8 Å². The van der Waals surface area contributed by atoms with Gasteiger partial charge in [0.25, 0.3) is 5.91 Å². The van der Waals surface area contributed by atoms with Gasteiger partial charge in [0, 0.05) is 33.1 Å². The minimum absolute atomic E-state index is 0.0269. The molecule has 9 nitrogen and oxygen atoms in total. The van der Waals surface area contributed by atoms with Gasteiger partial charge in [-0.3, -0.25) is 14.4 Å². The van der Waals surface area contributed by atoms with Gasteiger partial charge in [-0.1, -0.05) is 42.5 Å². The summed E-state index contributed by atoms with van der Waals surface area (Å²) in [6.45, 7) is 2.76. The van der Waals surface area contributed by atoms with Gasteiger partial charge in [-0.05, 0) is 29.3 Å².